The molecule has 0 bridgehead atoms. The predicted octanol–water partition coefficient (Wildman–Crippen LogP) is 3.11. The molecule has 7 nitrogen and oxygen atoms in total. The summed E-state index contributed by atoms with van der Waals surface area (Å²) in [6.07, 6.45) is 3.01. The molecule has 2 aromatic carbocycles. The first kappa shape index (κ1) is 20.2. The Bertz CT molecular complexity index is 851. The number of anilines is 1. The maximum Gasteiger partial charge on any atom is 0.329 e. The molecule has 0 aliphatic carbocycles. The Morgan fingerprint density at radius 1 is 1.19 bits per heavy atom. The summed E-state index contributed by atoms with van der Waals surface area (Å²) in [5.74, 6) is -0.523. The number of hydrogen-bond donors (Lipinski definition) is 2. The van der Waals surface area contributed by atoms with Crippen LogP contribution in [0.4, 0.5) is 5.69 Å². The van der Waals surface area contributed by atoms with Gasteiger partial charge in [-0.3, -0.25) is 9.59 Å². The second-order valence-electron chi connectivity index (χ2n) is 5.16. The van der Waals surface area contributed by atoms with Crippen LogP contribution in [0, 0.1) is 0 Å². The molecule has 27 heavy (non-hydrogen) atoms. The Morgan fingerprint density at radius 3 is 2.59 bits per heavy atom. The van der Waals surface area contributed by atoms with Crippen LogP contribution in [0.5, 0.6) is 11.5 Å². The van der Waals surface area contributed by atoms with Gasteiger partial charge in [0, 0.05) is 15.7 Å². The van der Waals surface area contributed by atoms with Gasteiger partial charge >= 0.3 is 11.8 Å². The highest BCUT2D eigenvalue weighted by Gasteiger charge is 2.13. The van der Waals surface area contributed by atoms with Crippen LogP contribution in [0.15, 0.2) is 64.7 Å². The summed E-state index contributed by atoms with van der Waals surface area (Å²) in [7, 11) is 1.54. The largest absolute Gasteiger partial charge is 0.497 e. The molecule has 0 spiro atoms. The van der Waals surface area contributed by atoms with Crippen LogP contribution < -0.4 is 20.2 Å². The van der Waals surface area contributed by atoms with Gasteiger partial charge in [0.05, 0.1) is 13.3 Å². The van der Waals surface area contributed by atoms with Crippen molar-refractivity contribution >= 4 is 39.6 Å². The van der Waals surface area contributed by atoms with Crippen LogP contribution in [0.1, 0.15) is 5.56 Å². The number of hydrogen-bond acceptors (Lipinski definition) is 5. The fourth-order valence-electron chi connectivity index (χ4n) is 1.97. The van der Waals surface area contributed by atoms with Crippen molar-refractivity contribution in [3.05, 3.63) is 65.2 Å². The average Bonchev–Trinajstić information content (AvgIpc) is 2.67. The monoisotopic (exact) mass is 431 g/mol. The van der Waals surface area contributed by atoms with E-state index in [-0.39, 0.29) is 0 Å². The summed E-state index contributed by atoms with van der Waals surface area (Å²) >= 11 is 3.36. The number of nitrogens with one attached hydrogen (secondary N) is 2. The first-order chi connectivity index (χ1) is 13.0. The van der Waals surface area contributed by atoms with Crippen LogP contribution in [-0.2, 0) is 9.59 Å². The molecule has 0 saturated carbocycles. The van der Waals surface area contributed by atoms with Gasteiger partial charge in [-0.2, -0.15) is 5.10 Å². The Labute approximate surface area is 165 Å². The molecule has 0 saturated heterocycles. The summed E-state index contributed by atoms with van der Waals surface area (Å²) in [6, 6.07) is 11.9. The maximum absolute atomic E-state index is 11.9. The van der Waals surface area contributed by atoms with E-state index >= 15 is 0 Å². The van der Waals surface area contributed by atoms with Crippen LogP contribution in [0.2, 0.25) is 0 Å². The van der Waals surface area contributed by atoms with Crippen molar-refractivity contribution in [2.24, 2.45) is 5.10 Å². The molecule has 0 radical (unpaired) electrons. The molecule has 0 aromatic heterocycles. The summed E-state index contributed by atoms with van der Waals surface area (Å²) in [4.78, 5) is 23.8. The zero-order chi connectivity index (χ0) is 19.6. The Hall–Kier alpha value is -3.13. The fraction of sp³-hybridized carbons (Fsp3) is 0.105. The van der Waals surface area contributed by atoms with E-state index in [1.54, 1.807) is 42.5 Å². The second kappa shape index (κ2) is 10.1. The number of hydrazone groups is 1. The predicted molar refractivity (Wildman–Crippen MR) is 107 cm³/mol. The number of carbonyl (C=O) groups is 2. The van der Waals surface area contributed by atoms with Crippen LogP contribution in [0.3, 0.4) is 0 Å². The third kappa shape index (κ3) is 6.27. The van der Waals surface area contributed by atoms with E-state index in [1.165, 1.54) is 13.3 Å². The lowest BCUT2D eigenvalue weighted by Crippen LogP contribution is -2.32. The number of nitrogens with zero attached hydrogens (tertiary/aromatic N) is 1. The zero-order valence-electron chi connectivity index (χ0n) is 14.6. The first-order valence-corrected chi connectivity index (χ1v) is 8.64. The molecule has 2 amide bonds. The van der Waals surface area contributed by atoms with Crippen molar-refractivity contribution in [1.82, 2.24) is 5.43 Å². The topological polar surface area (TPSA) is 89.0 Å². The molecule has 0 aliphatic rings. The van der Waals surface area contributed by atoms with E-state index in [2.05, 4.69) is 38.4 Å². The van der Waals surface area contributed by atoms with Gasteiger partial charge in [-0.25, -0.2) is 5.43 Å². The minimum atomic E-state index is -0.898. The molecule has 0 unspecified atom stereocenters. The van der Waals surface area contributed by atoms with Crippen LogP contribution in [-0.4, -0.2) is 31.7 Å². The molecule has 2 aromatic rings. The van der Waals surface area contributed by atoms with Gasteiger partial charge in [0.15, 0.2) is 0 Å². The van der Waals surface area contributed by atoms with Crippen molar-refractivity contribution in [3.63, 3.8) is 0 Å². The van der Waals surface area contributed by atoms with Gasteiger partial charge in [-0.1, -0.05) is 28.6 Å². The molecule has 0 aliphatic heterocycles. The van der Waals surface area contributed by atoms with Gasteiger partial charge in [0.2, 0.25) is 0 Å². The van der Waals surface area contributed by atoms with Crippen molar-refractivity contribution < 1.29 is 19.1 Å². The minimum absolute atomic E-state index is 0.332. The second-order valence-corrected chi connectivity index (χ2v) is 6.08. The number of ether oxygens (including phenoxy) is 2. The lowest BCUT2D eigenvalue weighted by Gasteiger charge is -2.07. The van der Waals surface area contributed by atoms with Gasteiger partial charge in [-0.05, 0) is 42.5 Å². The van der Waals surface area contributed by atoms with E-state index in [9.17, 15) is 9.59 Å². The molecule has 2 rings (SSSR count). The van der Waals surface area contributed by atoms with Crippen molar-refractivity contribution in [2.45, 2.75) is 0 Å². The van der Waals surface area contributed by atoms with Gasteiger partial charge in [0.25, 0.3) is 0 Å². The van der Waals surface area contributed by atoms with E-state index in [1.807, 2.05) is 6.07 Å². The third-order valence-electron chi connectivity index (χ3n) is 3.25. The van der Waals surface area contributed by atoms with Gasteiger partial charge in [0.1, 0.15) is 18.1 Å². The summed E-state index contributed by atoms with van der Waals surface area (Å²) in [5, 5.41) is 6.28. The Kier molecular flexibility index (Phi) is 7.57. The van der Waals surface area contributed by atoms with Crippen LogP contribution >= 0.6 is 15.9 Å². The fourth-order valence-corrected chi connectivity index (χ4v) is 2.35. The van der Waals surface area contributed by atoms with Crippen molar-refractivity contribution in [2.75, 3.05) is 19.0 Å². The minimum Gasteiger partial charge on any atom is -0.497 e. The highest BCUT2D eigenvalue weighted by molar-refractivity contribution is 9.10. The summed E-state index contributed by atoms with van der Waals surface area (Å²) < 4.78 is 11.4. The Morgan fingerprint density at radius 2 is 1.93 bits per heavy atom. The summed E-state index contributed by atoms with van der Waals surface area (Å²) in [5.41, 5.74) is 3.27. The Balaban J connectivity index is 1.96. The third-order valence-corrected chi connectivity index (χ3v) is 3.75. The molecule has 0 heterocycles. The van der Waals surface area contributed by atoms with Crippen molar-refractivity contribution in [1.29, 1.82) is 0 Å². The molecule has 0 fully saturated rings. The SMILES string of the molecule is C=CCOc1ccc(Br)cc1/C=N\NC(=O)C(=O)Nc1ccc(OC)cc1. The summed E-state index contributed by atoms with van der Waals surface area (Å²) in [6.45, 7) is 3.93. The first-order valence-electron chi connectivity index (χ1n) is 7.85. The normalized spacial score (nSPS) is 10.3. The number of halogens is 1. The lowest BCUT2D eigenvalue weighted by atomic mass is 10.2. The number of amides is 2. The average molecular weight is 432 g/mol. The standard InChI is InChI=1S/C19H18BrN3O4/c1-3-10-27-17-9-4-14(20)11-13(17)12-21-23-19(25)18(24)22-15-5-7-16(26-2)8-6-15/h3-9,11-12H,1,10H2,2H3,(H,22,24)(H,23,25)/b21-12-. The van der Waals surface area contributed by atoms with Gasteiger partial charge < -0.3 is 14.8 Å². The number of methoxy groups -OCH3 is 1. The number of benzene rings is 2. The van der Waals surface area contributed by atoms with Crippen molar-refractivity contribution in [3.8, 4) is 11.5 Å². The highest BCUT2D eigenvalue weighted by Crippen LogP contribution is 2.21. The maximum atomic E-state index is 11.9. The lowest BCUT2D eigenvalue weighted by molar-refractivity contribution is -0.136. The zero-order valence-corrected chi connectivity index (χ0v) is 16.2. The van der Waals surface area contributed by atoms with E-state index in [4.69, 9.17) is 9.47 Å². The molecule has 8 heteroatoms. The number of carbonyl (C=O) groups excluding carboxylic acids is 2. The van der Waals surface area contributed by atoms with Gasteiger partial charge in [-0.15, -0.1) is 0 Å². The van der Waals surface area contributed by atoms with E-state index in [0.717, 1.165) is 4.47 Å². The van der Waals surface area contributed by atoms with Crippen LogP contribution in [0.25, 0.3) is 0 Å². The molecule has 2 N–H and O–H groups in total. The van der Waals surface area contributed by atoms with E-state index < -0.39 is 11.8 Å². The van der Waals surface area contributed by atoms with E-state index in [0.29, 0.717) is 29.4 Å². The molecular weight excluding hydrogens is 414 g/mol. The number of rotatable bonds is 7. The molecule has 140 valence electrons. The quantitative estimate of drug-likeness (QED) is 0.305. The highest BCUT2D eigenvalue weighted by atomic mass is 79.9. The molecular formula is C19H18BrN3O4. The molecule has 0 atom stereocenters. The smallest absolute Gasteiger partial charge is 0.329 e.